The van der Waals surface area contributed by atoms with Crippen LogP contribution in [0, 0.1) is 11.8 Å². The van der Waals surface area contributed by atoms with Gasteiger partial charge in [-0.3, -0.25) is 47.9 Å². The van der Waals surface area contributed by atoms with Crippen molar-refractivity contribution >= 4 is 83.9 Å². The molecule has 3 aliphatic heterocycles. The number of hydrogen-bond acceptors (Lipinski definition) is 12. The topological polar surface area (TPSA) is 290 Å². The summed E-state index contributed by atoms with van der Waals surface area (Å²) in [4.78, 5) is 143. The summed E-state index contributed by atoms with van der Waals surface area (Å²) in [6.07, 6.45) is 7.12. The van der Waals surface area contributed by atoms with Crippen LogP contribution in [0.1, 0.15) is 84.5 Å². The van der Waals surface area contributed by atoms with Crippen molar-refractivity contribution in [3.63, 3.8) is 0 Å². The molecule has 1 aliphatic carbocycles. The molecule has 0 spiro atoms. The highest BCUT2D eigenvalue weighted by Crippen LogP contribution is 2.29. The van der Waals surface area contributed by atoms with Gasteiger partial charge in [-0.2, -0.15) is 0 Å². The van der Waals surface area contributed by atoms with E-state index in [1.807, 2.05) is 0 Å². The minimum absolute atomic E-state index is 0. The van der Waals surface area contributed by atoms with Crippen LogP contribution in [0.4, 0.5) is 0 Å². The van der Waals surface area contributed by atoms with Crippen LogP contribution in [0.2, 0.25) is 0 Å². The molecule has 4 rings (SSSR count). The molecule has 67 heavy (non-hydrogen) atoms. The van der Waals surface area contributed by atoms with Gasteiger partial charge in [0.1, 0.15) is 36.3 Å². The number of nitrogens with zero attached hydrogens (tertiary/aromatic N) is 6. The van der Waals surface area contributed by atoms with Crippen LogP contribution in [0.15, 0.2) is 0 Å². The van der Waals surface area contributed by atoms with Crippen LogP contribution in [-0.2, 0) is 47.9 Å². The summed E-state index contributed by atoms with van der Waals surface area (Å²) in [6.45, 7) is 1.50. The van der Waals surface area contributed by atoms with Crippen molar-refractivity contribution in [2.45, 2.75) is 121 Å². The number of halogens is 2. The fraction of sp³-hybridized carbons (Fsp3) is 0.767. The normalized spacial score (nSPS) is 27.9. The number of rotatable bonds is 2. The summed E-state index contributed by atoms with van der Waals surface area (Å²) in [5.74, 6) is -6.35. The highest BCUT2D eigenvalue weighted by molar-refractivity contribution is 5.96. The Morgan fingerprint density at radius 1 is 0.493 bits per heavy atom. The molecule has 0 radical (unpaired) electrons. The molecule has 22 nitrogen and oxygen atoms in total. The third-order valence-corrected chi connectivity index (χ3v) is 13.1. The van der Waals surface area contributed by atoms with Crippen molar-refractivity contribution < 1.29 is 47.9 Å². The SMILES string of the molecule is CC(C)[C@H]1C(=O)NC[C@@H](N)C(=O)N2CCCC[C@H]2C(=O)NCC(=O)N(C)CC(=O)N(C)[C@@H](C2CCCCC2)C(=O)NC[C@@H](N)C(=O)N2CCCC[C@H]2C(=O)NCC(=O)N(C)CC(=O)N1C.Cl.Cl. The largest absolute Gasteiger partial charge is 0.352 e. The molecule has 1 saturated carbocycles. The summed E-state index contributed by atoms with van der Waals surface area (Å²) >= 11 is 0. The molecule has 0 aromatic heterocycles. The van der Waals surface area contributed by atoms with Crippen molar-refractivity contribution in [1.29, 1.82) is 0 Å². The maximum absolute atomic E-state index is 13.9. The van der Waals surface area contributed by atoms with Crippen molar-refractivity contribution in [3.8, 4) is 0 Å². The number of likely N-dealkylation sites (N-methyl/N-ethyl adjacent to an activating group) is 4. The molecule has 10 amide bonds. The predicted molar refractivity (Wildman–Crippen MR) is 251 cm³/mol. The van der Waals surface area contributed by atoms with Gasteiger partial charge in [-0.05, 0) is 63.2 Å². The standard InChI is InChI=1S/C43H72N12O10.2ClH/c1-26(2)36-40(62)46-20-28(44)42(64)54-18-12-10-16-30(54)38(60)49-23-33(57)51(4)25-35(59)53(6)37(27-14-8-7-9-15-27)41(63)47-21-29(45)43(65)55-19-13-11-17-31(55)39(61)48-22-32(56)50(3)24-34(58)52(36)5;;/h26-31,36-37H,7-25,44-45H2,1-6H3,(H,46,62)(H,47,63)(H,48,61)(H,49,60);2*1H/t28-,29-,30+,31+,36+,37+;;/m1../s1. The molecular formula is C43H74Cl2N12O10. The highest BCUT2D eigenvalue weighted by Gasteiger charge is 2.40. The maximum Gasteiger partial charge on any atom is 0.243 e. The molecule has 4 aliphatic rings. The van der Waals surface area contributed by atoms with Crippen LogP contribution in [0.5, 0.6) is 0 Å². The molecule has 0 bridgehead atoms. The minimum atomic E-state index is -1.25. The number of carbonyl (C=O) groups is 10. The Hall–Kier alpha value is -4.80. The van der Waals surface area contributed by atoms with Crippen LogP contribution >= 0.6 is 24.8 Å². The first kappa shape index (κ1) is 58.3. The lowest BCUT2D eigenvalue weighted by Crippen LogP contribution is -2.60. The lowest BCUT2D eigenvalue weighted by molar-refractivity contribution is -0.146. The number of carbonyl (C=O) groups excluding carboxylic acids is 10. The van der Waals surface area contributed by atoms with Gasteiger partial charge in [0.25, 0.3) is 0 Å². The molecule has 8 N–H and O–H groups in total. The minimum Gasteiger partial charge on any atom is -0.352 e. The number of piperidine rings is 2. The lowest BCUT2D eigenvalue weighted by atomic mass is 9.82. The van der Waals surface area contributed by atoms with Crippen molar-refractivity contribution in [2.75, 3.05) is 80.5 Å². The van der Waals surface area contributed by atoms with Gasteiger partial charge in [0, 0.05) is 54.4 Å². The third-order valence-electron chi connectivity index (χ3n) is 13.1. The van der Waals surface area contributed by atoms with E-state index >= 15 is 0 Å². The van der Waals surface area contributed by atoms with E-state index in [1.165, 1.54) is 47.8 Å². The second kappa shape index (κ2) is 27.3. The lowest BCUT2D eigenvalue weighted by Gasteiger charge is -2.37. The molecule has 6 atom stereocenters. The second-order valence-electron chi connectivity index (χ2n) is 18.3. The van der Waals surface area contributed by atoms with E-state index in [9.17, 15) is 47.9 Å². The number of amides is 10. The zero-order valence-electron chi connectivity index (χ0n) is 39.8. The molecule has 0 aromatic carbocycles. The quantitative estimate of drug-likeness (QED) is 0.168. The molecule has 4 fully saturated rings. The van der Waals surface area contributed by atoms with Gasteiger partial charge in [0.05, 0.1) is 26.2 Å². The van der Waals surface area contributed by atoms with Gasteiger partial charge < -0.3 is 62.1 Å². The zero-order valence-corrected chi connectivity index (χ0v) is 41.4. The van der Waals surface area contributed by atoms with Gasteiger partial charge >= 0.3 is 0 Å². The van der Waals surface area contributed by atoms with E-state index in [-0.39, 0.29) is 56.9 Å². The summed E-state index contributed by atoms with van der Waals surface area (Å²) < 4.78 is 0. The molecule has 0 unspecified atom stereocenters. The number of hydrogen-bond donors (Lipinski definition) is 6. The fourth-order valence-corrected chi connectivity index (χ4v) is 9.20. The Morgan fingerprint density at radius 2 is 0.896 bits per heavy atom. The van der Waals surface area contributed by atoms with E-state index in [0.29, 0.717) is 51.4 Å². The maximum atomic E-state index is 13.9. The number of fused-ring (bicyclic) bond motifs is 2. The Balaban J connectivity index is 0.00000771. The van der Waals surface area contributed by atoms with Gasteiger partial charge in [-0.1, -0.05) is 33.1 Å². The number of nitrogens with two attached hydrogens (primary N) is 2. The van der Waals surface area contributed by atoms with Gasteiger partial charge in [-0.15, -0.1) is 24.8 Å². The molecule has 0 aromatic rings. The van der Waals surface area contributed by atoms with E-state index < -0.39 is 127 Å². The molecule has 3 heterocycles. The Bertz CT molecular complexity index is 1790. The van der Waals surface area contributed by atoms with Crippen LogP contribution in [0.25, 0.3) is 0 Å². The Kier molecular flexibility index (Phi) is 23.7. The van der Waals surface area contributed by atoms with Gasteiger partial charge in [0.15, 0.2) is 0 Å². The molecule has 24 heteroatoms. The van der Waals surface area contributed by atoms with Crippen molar-refractivity contribution in [3.05, 3.63) is 0 Å². The highest BCUT2D eigenvalue weighted by atomic mass is 35.5. The first-order valence-electron chi connectivity index (χ1n) is 23.0. The van der Waals surface area contributed by atoms with E-state index in [1.54, 1.807) is 13.8 Å². The van der Waals surface area contributed by atoms with Crippen molar-refractivity contribution in [2.24, 2.45) is 23.3 Å². The molecule has 380 valence electrons. The zero-order chi connectivity index (χ0) is 48.1. The van der Waals surface area contributed by atoms with E-state index in [2.05, 4.69) is 21.3 Å². The number of nitrogens with one attached hydrogen (secondary N) is 4. The Morgan fingerprint density at radius 3 is 1.33 bits per heavy atom. The average molecular weight is 990 g/mol. The summed E-state index contributed by atoms with van der Waals surface area (Å²) in [7, 11) is 5.68. The summed E-state index contributed by atoms with van der Waals surface area (Å²) in [5.41, 5.74) is 12.7. The molecular weight excluding hydrogens is 915 g/mol. The summed E-state index contributed by atoms with van der Waals surface area (Å²) in [6, 6.07) is -6.34. The van der Waals surface area contributed by atoms with Crippen LogP contribution in [-0.4, -0.2) is 205 Å². The summed E-state index contributed by atoms with van der Waals surface area (Å²) in [5, 5.41) is 10.6. The van der Waals surface area contributed by atoms with Gasteiger partial charge in [0.2, 0.25) is 59.1 Å². The van der Waals surface area contributed by atoms with E-state index in [0.717, 1.165) is 29.1 Å². The third kappa shape index (κ3) is 15.6. The monoisotopic (exact) mass is 989 g/mol. The van der Waals surface area contributed by atoms with Crippen molar-refractivity contribution in [1.82, 2.24) is 50.7 Å². The van der Waals surface area contributed by atoms with Crippen LogP contribution < -0.4 is 32.7 Å². The second-order valence-corrected chi connectivity index (χ2v) is 18.3. The predicted octanol–water partition coefficient (Wildman–Crippen LogP) is -2.47. The van der Waals surface area contributed by atoms with Gasteiger partial charge in [-0.25, -0.2) is 0 Å². The Labute approximate surface area is 405 Å². The average Bonchev–Trinajstić information content (AvgIpc) is 3.29. The smallest absolute Gasteiger partial charge is 0.243 e. The fourth-order valence-electron chi connectivity index (χ4n) is 9.20. The first-order valence-corrected chi connectivity index (χ1v) is 23.0. The van der Waals surface area contributed by atoms with E-state index in [4.69, 9.17) is 11.5 Å². The first-order chi connectivity index (χ1) is 30.7. The molecule has 3 saturated heterocycles. The van der Waals surface area contributed by atoms with Crippen LogP contribution in [0.3, 0.4) is 0 Å².